The van der Waals surface area contributed by atoms with Gasteiger partial charge in [0.05, 0.1) is 11.9 Å². The van der Waals surface area contributed by atoms with Crippen LogP contribution >= 0.6 is 0 Å². The second kappa shape index (κ2) is 3.94. The van der Waals surface area contributed by atoms with Crippen molar-refractivity contribution in [1.82, 2.24) is 14.9 Å². The van der Waals surface area contributed by atoms with Crippen LogP contribution in [0.1, 0.15) is 24.1 Å². The SMILES string of the molecule is Cc1[nH]ncc1CNS(=O)(=O)CC1CC1. The molecule has 1 fully saturated rings. The van der Waals surface area contributed by atoms with Gasteiger partial charge in [0.2, 0.25) is 10.0 Å². The van der Waals surface area contributed by atoms with Gasteiger partial charge in [0.25, 0.3) is 0 Å². The number of aromatic nitrogens is 2. The first kappa shape index (κ1) is 10.6. The largest absolute Gasteiger partial charge is 0.283 e. The molecular weight excluding hydrogens is 214 g/mol. The van der Waals surface area contributed by atoms with Crippen LogP contribution in [0.5, 0.6) is 0 Å². The van der Waals surface area contributed by atoms with Crippen LogP contribution in [-0.2, 0) is 16.6 Å². The first-order valence-electron chi connectivity index (χ1n) is 5.03. The van der Waals surface area contributed by atoms with E-state index in [-0.39, 0.29) is 5.75 Å². The zero-order chi connectivity index (χ0) is 10.9. The van der Waals surface area contributed by atoms with Crippen molar-refractivity contribution >= 4 is 10.0 Å². The lowest BCUT2D eigenvalue weighted by Crippen LogP contribution is -2.26. The summed E-state index contributed by atoms with van der Waals surface area (Å²) in [5.74, 6) is 0.650. The second-order valence-corrected chi connectivity index (χ2v) is 5.92. The maximum Gasteiger partial charge on any atom is 0.212 e. The summed E-state index contributed by atoms with van der Waals surface area (Å²) < 4.78 is 25.7. The van der Waals surface area contributed by atoms with E-state index in [1.807, 2.05) is 6.92 Å². The van der Waals surface area contributed by atoms with Gasteiger partial charge in [-0.1, -0.05) is 0 Å². The van der Waals surface area contributed by atoms with Crippen LogP contribution in [0.25, 0.3) is 0 Å². The lowest BCUT2D eigenvalue weighted by Gasteiger charge is -2.04. The molecule has 1 aromatic rings. The Kier molecular flexibility index (Phi) is 2.79. The number of nitrogens with zero attached hydrogens (tertiary/aromatic N) is 1. The van der Waals surface area contributed by atoms with Crippen LogP contribution in [0.15, 0.2) is 6.20 Å². The molecule has 1 aromatic heterocycles. The number of H-pyrrole nitrogens is 1. The van der Waals surface area contributed by atoms with E-state index in [1.54, 1.807) is 6.20 Å². The van der Waals surface area contributed by atoms with Crippen LogP contribution in [0.2, 0.25) is 0 Å². The first-order valence-corrected chi connectivity index (χ1v) is 6.68. The molecule has 0 unspecified atom stereocenters. The molecule has 1 aliphatic carbocycles. The van der Waals surface area contributed by atoms with Crippen molar-refractivity contribution in [2.24, 2.45) is 5.92 Å². The summed E-state index contributed by atoms with van der Waals surface area (Å²) in [6.07, 6.45) is 3.74. The number of hydrogen-bond acceptors (Lipinski definition) is 3. The fraction of sp³-hybridized carbons (Fsp3) is 0.667. The topological polar surface area (TPSA) is 74.8 Å². The summed E-state index contributed by atoms with van der Waals surface area (Å²) >= 11 is 0. The minimum atomic E-state index is -3.10. The molecule has 6 heteroatoms. The molecule has 1 heterocycles. The summed E-state index contributed by atoms with van der Waals surface area (Å²) in [7, 11) is -3.10. The zero-order valence-electron chi connectivity index (χ0n) is 8.66. The number of rotatable bonds is 5. The summed E-state index contributed by atoms with van der Waals surface area (Å²) in [6, 6.07) is 0. The molecule has 1 aliphatic rings. The molecule has 2 N–H and O–H groups in total. The standard InChI is InChI=1S/C9H15N3O2S/c1-7-9(4-10-12-7)5-11-15(13,14)6-8-2-3-8/h4,8,11H,2-3,5-6H2,1H3,(H,10,12). The molecular formula is C9H15N3O2S. The molecule has 0 bridgehead atoms. The molecule has 0 aliphatic heterocycles. The third-order valence-electron chi connectivity index (χ3n) is 2.57. The second-order valence-electron chi connectivity index (χ2n) is 4.07. The molecule has 5 nitrogen and oxygen atoms in total. The van der Waals surface area contributed by atoms with E-state index in [2.05, 4.69) is 14.9 Å². The number of aromatic amines is 1. The van der Waals surface area contributed by atoms with E-state index in [0.717, 1.165) is 24.1 Å². The van der Waals surface area contributed by atoms with Gasteiger partial charge < -0.3 is 0 Å². The van der Waals surface area contributed by atoms with Crippen molar-refractivity contribution in [3.8, 4) is 0 Å². The highest BCUT2D eigenvalue weighted by atomic mass is 32.2. The maximum absolute atomic E-state index is 11.5. The van der Waals surface area contributed by atoms with Crippen LogP contribution in [-0.4, -0.2) is 24.4 Å². The quantitative estimate of drug-likeness (QED) is 0.774. The van der Waals surface area contributed by atoms with E-state index in [1.165, 1.54) is 0 Å². The highest BCUT2D eigenvalue weighted by Crippen LogP contribution is 2.29. The van der Waals surface area contributed by atoms with Crippen LogP contribution in [0, 0.1) is 12.8 Å². The normalized spacial score (nSPS) is 16.9. The lowest BCUT2D eigenvalue weighted by molar-refractivity contribution is 0.577. The molecule has 0 atom stereocenters. The molecule has 2 rings (SSSR count). The fourth-order valence-electron chi connectivity index (χ4n) is 1.40. The van der Waals surface area contributed by atoms with E-state index >= 15 is 0 Å². The predicted molar refractivity (Wildman–Crippen MR) is 56.7 cm³/mol. The average molecular weight is 229 g/mol. The Morgan fingerprint density at radius 3 is 2.87 bits per heavy atom. The van der Waals surface area contributed by atoms with Crippen molar-refractivity contribution in [3.05, 3.63) is 17.5 Å². The van der Waals surface area contributed by atoms with E-state index in [0.29, 0.717) is 12.5 Å². The van der Waals surface area contributed by atoms with Crippen molar-refractivity contribution in [3.63, 3.8) is 0 Å². The van der Waals surface area contributed by atoms with Gasteiger partial charge in [0.15, 0.2) is 0 Å². The van der Waals surface area contributed by atoms with Gasteiger partial charge in [-0.25, -0.2) is 13.1 Å². The van der Waals surface area contributed by atoms with Crippen molar-refractivity contribution in [2.75, 3.05) is 5.75 Å². The molecule has 0 saturated heterocycles. The fourth-order valence-corrected chi connectivity index (χ4v) is 2.84. The summed E-state index contributed by atoms with van der Waals surface area (Å²) in [4.78, 5) is 0. The molecule has 0 spiro atoms. The van der Waals surface area contributed by atoms with Crippen LogP contribution < -0.4 is 4.72 Å². The molecule has 0 radical (unpaired) electrons. The van der Waals surface area contributed by atoms with E-state index in [9.17, 15) is 8.42 Å². The Balaban J connectivity index is 1.89. The first-order chi connectivity index (χ1) is 7.07. The molecule has 0 aromatic carbocycles. The Labute approximate surface area is 89.3 Å². The summed E-state index contributed by atoms with van der Waals surface area (Å²) in [5, 5.41) is 6.61. The zero-order valence-corrected chi connectivity index (χ0v) is 9.47. The average Bonchev–Trinajstić information content (AvgIpc) is 2.84. The monoisotopic (exact) mass is 229 g/mol. The minimum Gasteiger partial charge on any atom is -0.283 e. The van der Waals surface area contributed by atoms with Gasteiger partial charge in [0, 0.05) is 17.8 Å². The van der Waals surface area contributed by atoms with Gasteiger partial charge in [-0.15, -0.1) is 0 Å². The third-order valence-corrected chi connectivity index (χ3v) is 4.06. The third kappa shape index (κ3) is 3.04. The van der Waals surface area contributed by atoms with Gasteiger partial charge in [0.1, 0.15) is 0 Å². The highest BCUT2D eigenvalue weighted by molar-refractivity contribution is 7.89. The summed E-state index contributed by atoms with van der Waals surface area (Å²) in [6.45, 7) is 2.20. The van der Waals surface area contributed by atoms with Crippen molar-refractivity contribution < 1.29 is 8.42 Å². The number of hydrogen-bond donors (Lipinski definition) is 2. The smallest absolute Gasteiger partial charge is 0.212 e. The molecule has 1 saturated carbocycles. The molecule has 15 heavy (non-hydrogen) atoms. The van der Waals surface area contributed by atoms with Gasteiger partial charge >= 0.3 is 0 Å². The lowest BCUT2D eigenvalue weighted by atomic mass is 10.3. The van der Waals surface area contributed by atoms with Crippen LogP contribution in [0.3, 0.4) is 0 Å². The van der Waals surface area contributed by atoms with E-state index < -0.39 is 10.0 Å². The highest BCUT2D eigenvalue weighted by Gasteiger charge is 2.27. The van der Waals surface area contributed by atoms with E-state index in [4.69, 9.17) is 0 Å². The minimum absolute atomic E-state index is 0.268. The number of nitrogens with one attached hydrogen (secondary N) is 2. The van der Waals surface area contributed by atoms with Gasteiger partial charge in [-0.05, 0) is 25.7 Å². The molecule has 84 valence electrons. The Morgan fingerprint density at radius 2 is 2.33 bits per heavy atom. The van der Waals surface area contributed by atoms with Gasteiger partial charge in [-0.2, -0.15) is 5.10 Å². The van der Waals surface area contributed by atoms with Crippen LogP contribution in [0.4, 0.5) is 0 Å². The molecule has 0 amide bonds. The Morgan fingerprint density at radius 1 is 1.60 bits per heavy atom. The number of aryl methyl sites for hydroxylation is 1. The van der Waals surface area contributed by atoms with Gasteiger partial charge in [-0.3, -0.25) is 5.10 Å². The Bertz CT molecular complexity index is 434. The number of sulfonamides is 1. The summed E-state index contributed by atoms with van der Waals surface area (Å²) in [5.41, 5.74) is 1.80. The maximum atomic E-state index is 11.5. The predicted octanol–water partition coefficient (Wildman–Crippen LogP) is 0.548. The van der Waals surface area contributed by atoms with Crippen molar-refractivity contribution in [2.45, 2.75) is 26.3 Å². The Hall–Kier alpha value is -0.880. The van der Waals surface area contributed by atoms with Crippen molar-refractivity contribution in [1.29, 1.82) is 0 Å².